The lowest BCUT2D eigenvalue weighted by Crippen LogP contribution is -2.52. The smallest absolute Gasteiger partial charge is 0.327 e. The van der Waals surface area contributed by atoms with Crippen LogP contribution in [-0.2, 0) is 14.4 Å². The lowest BCUT2D eigenvalue weighted by molar-refractivity contribution is -0.139. The molecule has 7 heteroatoms. The zero-order valence-electron chi connectivity index (χ0n) is 8.74. The molecule has 0 aliphatic carbocycles. The van der Waals surface area contributed by atoms with Gasteiger partial charge in [0.05, 0.1) is 6.04 Å². The van der Waals surface area contributed by atoms with Gasteiger partial charge in [-0.3, -0.25) is 25.2 Å². The number of primary amides is 1. The Labute approximate surface area is 87.5 Å². The number of rotatable bonds is 3. The van der Waals surface area contributed by atoms with Crippen LogP contribution in [0, 0.1) is 5.92 Å². The molecule has 0 rings (SSSR count). The van der Waals surface area contributed by atoms with Gasteiger partial charge in [-0.25, -0.2) is 0 Å². The molecule has 0 saturated heterocycles. The third-order valence-corrected chi connectivity index (χ3v) is 1.59. The van der Waals surface area contributed by atoms with Gasteiger partial charge < -0.3 is 11.5 Å². The Bertz CT molecular complexity index is 265. The van der Waals surface area contributed by atoms with Gasteiger partial charge in [0.2, 0.25) is 0 Å². The molecule has 0 heterocycles. The molecular weight excluding hydrogens is 200 g/mol. The summed E-state index contributed by atoms with van der Waals surface area (Å²) in [6, 6.07) is -0.724. The topological polar surface area (TPSA) is 127 Å². The van der Waals surface area contributed by atoms with Crippen molar-refractivity contribution in [2.45, 2.75) is 26.3 Å². The Morgan fingerprint density at radius 2 is 1.73 bits per heavy atom. The third-order valence-electron chi connectivity index (χ3n) is 1.59. The molecule has 0 aromatic heterocycles. The lowest BCUT2D eigenvalue weighted by Gasteiger charge is -2.13. The van der Waals surface area contributed by atoms with Crippen LogP contribution in [0.15, 0.2) is 0 Å². The fourth-order valence-electron chi connectivity index (χ4n) is 0.888. The fraction of sp³-hybridized carbons (Fsp3) is 0.625. The number of hydrazine groups is 1. The van der Waals surface area contributed by atoms with Gasteiger partial charge in [-0.2, -0.15) is 0 Å². The van der Waals surface area contributed by atoms with E-state index in [0.717, 1.165) is 0 Å². The van der Waals surface area contributed by atoms with E-state index in [2.05, 4.69) is 5.73 Å². The zero-order valence-corrected chi connectivity index (χ0v) is 8.74. The zero-order chi connectivity index (χ0) is 12.0. The van der Waals surface area contributed by atoms with Crippen molar-refractivity contribution < 1.29 is 14.4 Å². The van der Waals surface area contributed by atoms with Crippen molar-refractivity contribution in [3.8, 4) is 0 Å². The average molecular weight is 216 g/mol. The van der Waals surface area contributed by atoms with Crippen LogP contribution in [0.3, 0.4) is 0 Å². The summed E-state index contributed by atoms with van der Waals surface area (Å²) >= 11 is 0. The maximum absolute atomic E-state index is 11.2. The molecule has 86 valence electrons. The summed E-state index contributed by atoms with van der Waals surface area (Å²) in [6.07, 6.45) is 0.484. The maximum atomic E-state index is 11.2. The molecule has 1 atom stereocenters. The highest BCUT2D eigenvalue weighted by Crippen LogP contribution is 2.01. The van der Waals surface area contributed by atoms with E-state index < -0.39 is 23.8 Å². The van der Waals surface area contributed by atoms with Gasteiger partial charge in [-0.1, -0.05) is 13.8 Å². The van der Waals surface area contributed by atoms with Gasteiger partial charge in [0.25, 0.3) is 5.91 Å². The van der Waals surface area contributed by atoms with E-state index >= 15 is 0 Å². The molecule has 3 amide bonds. The summed E-state index contributed by atoms with van der Waals surface area (Å²) < 4.78 is 0. The summed E-state index contributed by atoms with van der Waals surface area (Å²) in [6.45, 7) is 3.82. The number of amides is 3. The molecule has 0 radical (unpaired) electrons. The molecule has 15 heavy (non-hydrogen) atoms. The molecule has 0 aliphatic rings. The number of nitrogens with one attached hydrogen (secondary N) is 2. The van der Waals surface area contributed by atoms with Crippen LogP contribution in [0.2, 0.25) is 0 Å². The first kappa shape index (κ1) is 13.4. The number of carbonyl (C=O) groups is 3. The SMILES string of the molecule is CC(C)C[C@H](N)C(=O)NNC(=O)C(N)=O. The molecule has 0 aliphatic heterocycles. The Kier molecular flexibility index (Phi) is 5.32. The third kappa shape index (κ3) is 5.63. The minimum Gasteiger partial charge on any atom is -0.361 e. The minimum absolute atomic E-state index is 0.262. The molecule has 0 spiro atoms. The monoisotopic (exact) mass is 216 g/mol. The van der Waals surface area contributed by atoms with E-state index in [0.29, 0.717) is 6.42 Å². The highest BCUT2D eigenvalue weighted by molar-refractivity contribution is 6.34. The first-order valence-corrected chi connectivity index (χ1v) is 4.49. The highest BCUT2D eigenvalue weighted by Gasteiger charge is 2.16. The van der Waals surface area contributed by atoms with Gasteiger partial charge in [-0.05, 0) is 12.3 Å². The molecule has 0 saturated carbocycles. The summed E-state index contributed by atoms with van der Waals surface area (Å²) in [5, 5.41) is 0. The number of carbonyl (C=O) groups excluding carboxylic acids is 3. The number of hydrogen-bond donors (Lipinski definition) is 4. The van der Waals surface area contributed by atoms with Crippen molar-refractivity contribution >= 4 is 17.7 Å². The van der Waals surface area contributed by atoms with Gasteiger partial charge in [-0.15, -0.1) is 0 Å². The maximum Gasteiger partial charge on any atom is 0.327 e. The van der Waals surface area contributed by atoms with Crippen molar-refractivity contribution in [3.63, 3.8) is 0 Å². The predicted octanol–water partition coefficient (Wildman–Crippen LogP) is -2.01. The van der Waals surface area contributed by atoms with Crippen molar-refractivity contribution in [2.24, 2.45) is 17.4 Å². The minimum atomic E-state index is -1.17. The van der Waals surface area contributed by atoms with E-state index in [1.165, 1.54) is 0 Å². The van der Waals surface area contributed by atoms with E-state index in [1.807, 2.05) is 24.7 Å². The first-order chi connectivity index (χ1) is 6.84. The fourth-order valence-corrected chi connectivity index (χ4v) is 0.888. The Morgan fingerprint density at radius 3 is 2.13 bits per heavy atom. The van der Waals surface area contributed by atoms with Crippen LogP contribution in [0.4, 0.5) is 0 Å². The Balaban J connectivity index is 3.93. The van der Waals surface area contributed by atoms with Gasteiger partial charge in [0.1, 0.15) is 0 Å². The first-order valence-electron chi connectivity index (χ1n) is 4.49. The molecule has 0 aromatic carbocycles. The molecule has 0 aromatic rings. The van der Waals surface area contributed by atoms with Crippen molar-refractivity contribution in [1.82, 2.24) is 10.9 Å². The Hall–Kier alpha value is -1.63. The number of hydrogen-bond acceptors (Lipinski definition) is 4. The second-order valence-electron chi connectivity index (χ2n) is 3.54. The van der Waals surface area contributed by atoms with Crippen molar-refractivity contribution in [1.29, 1.82) is 0 Å². The van der Waals surface area contributed by atoms with E-state index in [4.69, 9.17) is 5.73 Å². The van der Waals surface area contributed by atoms with Gasteiger partial charge in [0, 0.05) is 0 Å². The number of nitrogens with two attached hydrogens (primary N) is 2. The molecule has 0 fully saturated rings. The summed E-state index contributed by atoms with van der Waals surface area (Å²) in [5.74, 6) is -2.55. The van der Waals surface area contributed by atoms with Crippen LogP contribution >= 0.6 is 0 Å². The molecule has 6 N–H and O–H groups in total. The average Bonchev–Trinajstić information content (AvgIpc) is 2.12. The van der Waals surface area contributed by atoms with Gasteiger partial charge >= 0.3 is 11.8 Å². The molecule has 0 bridgehead atoms. The second kappa shape index (κ2) is 5.97. The normalized spacial score (nSPS) is 12.0. The standard InChI is InChI=1S/C8H16N4O3/c1-4(2)3-5(9)7(14)11-12-8(15)6(10)13/h4-5H,3,9H2,1-2H3,(H2,10,13)(H,11,14)(H,12,15)/t5-/m0/s1. The summed E-state index contributed by atoms with van der Waals surface area (Å²) in [7, 11) is 0. The van der Waals surface area contributed by atoms with Crippen LogP contribution in [0.25, 0.3) is 0 Å². The predicted molar refractivity (Wildman–Crippen MR) is 52.9 cm³/mol. The van der Waals surface area contributed by atoms with Crippen LogP contribution in [-0.4, -0.2) is 23.8 Å². The largest absolute Gasteiger partial charge is 0.361 e. The van der Waals surface area contributed by atoms with Crippen molar-refractivity contribution in [2.75, 3.05) is 0 Å². The lowest BCUT2D eigenvalue weighted by atomic mass is 10.0. The molecular formula is C8H16N4O3. The summed E-state index contributed by atoms with van der Waals surface area (Å²) in [5.41, 5.74) is 14.0. The van der Waals surface area contributed by atoms with Crippen LogP contribution < -0.4 is 22.3 Å². The van der Waals surface area contributed by atoms with Crippen LogP contribution in [0.5, 0.6) is 0 Å². The molecule has 7 nitrogen and oxygen atoms in total. The summed E-state index contributed by atoms with van der Waals surface area (Å²) in [4.78, 5) is 32.1. The van der Waals surface area contributed by atoms with E-state index in [-0.39, 0.29) is 5.92 Å². The van der Waals surface area contributed by atoms with E-state index in [9.17, 15) is 14.4 Å². The quantitative estimate of drug-likeness (QED) is 0.321. The molecule has 0 unspecified atom stereocenters. The van der Waals surface area contributed by atoms with E-state index in [1.54, 1.807) is 0 Å². The second-order valence-corrected chi connectivity index (χ2v) is 3.54. The Morgan fingerprint density at radius 1 is 1.20 bits per heavy atom. The highest BCUT2D eigenvalue weighted by atomic mass is 16.2. The van der Waals surface area contributed by atoms with Gasteiger partial charge in [0.15, 0.2) is 0 Å². The van der Waals surface area contributed by atoms with Crippen LogP contribution in [0.1, 0.15) is 20.3 Å². The van der Waals surface area contributed by atoms with Crippen molar-refractivity contribution in [3.05, 3.63) is 0 Å².